The summed E-state index contributed by atoms with van der Waals surface area (Å²) in [6.07, 6.45) is 0. The summed E-state index contributed by atoms with van der Waals surface area (Å²) in [5, 5.41) is 17.4. The van der Waals surface area contributed by atoms with Gasteiger partial charge in [-0.25, -0.2) is 4.79 Å². The number of hydrogen-bond acceptors (Lipinski definition) is 3. The summed E-state index contributed by atoms with van der Waals surface area (Å²) in [5.74, 6) is -1.06. The van der Waals surface area contributed by atoms with Gasteiger partial charge in [0.2, 0.25) is 0 Å². The fraction of sp³-hybridized carbons (Fsp3) is 0.200. The number of aromatic carboxylic acids is 1. The van der Waals surface area contributed by atoms with Gasteiger partial charge in [0.25, 0.3) is 0 Å². The molecule has 15 heavy (non-hydrogen) atoms. The van der Waals surface area contributed by atoms with Crippen LogP contribution in [0, 0.1) is 11.3 Å². The maximum atomic E-state index is 10.8. The van der Waals surface area contributed by atoms with Crippen LogP contribution in [0.15, 0.2) is 23.1 Å². The van der Waals surface area contributed by atoms with Crippen molar-refractivity contribution in [1.82, 2.24) is 0 Å². The molecule has 0 radical (unpaired) electrons. The van der Waals surface area contributed by atoms with Crippen molar-refractivity contribution in [3.8, 4) is 6.07 Å². The lowest BCUT2D eigenvalue weighted by atomic mass is 10.2. The molecule has 1 rings (SSSR count). The molecule has 0 saturated heterocycles. The number of thioether (sulfide) groups is 1. The Balaban J connectivity index is 2.99. The van der Waals surface area contributed by atoms with Gasteiger partial charge in [0, 0.05) is 4.90 Å². The second-order valence-electron chi connectivity index (χ2n) is 2.84. The third-order valence-electron chi connectivity index (χ3n) is 1.66. The lowest BCUT2D eigenvalue weighted by Gasteiger charge is -2.05. The second-order valence-corrected chi connectivity index (χ2v) is 4.66. The molecule has 0 saturated carbocycles. The van der Waals surface area contributed by atoms with Gasteiger partial charge in [-0.15, -0.1) is 11.8 Å². The van der Waals surface area contributed by atoms with E-state index < -0.39 is 5.97 Å². The predicted molar refractivity (Wildman–Crippen MR) is 59.3 cm³/mol. The van der Waals surface area contributed by atoms with Gasteiger partial charge in [-0.2, -0.15) is 5.26 Å². The van der Waals surface area contributed by atoms with Crippen LogP contribution in [-0.4, -0.2) is 16.3 Å². The molecule has 0 spiro atoms. The minimum Gasteiger partial charge on any atom is -0.478 e. The fourth-order valence-electron chi connectivity index (χ4n) is 0.972. The highest BCUT2D eigenvalue weighted by Gasteiger charge is 2.11. The molecule has 0 aliphatic rings. The van der Waals surface area contributed by atoms with E-state index in [1.807, 2.05) is 0 Å². The third-order valence-corrected chi connectivity index (χ3v) is 2.98. The van der Waals surface area contributed by atoms with Gasteiger partial charge in [0.15, 0.2) is 0 Å². The van der Waals surface area contributed by atoms with Gasteiger partial charge in [-0.05, 0) is 25.1 Å². The highest BCUT2D eigenvalue weighted by molar-refractivity contribution is 8.00. The van der Waals surface area contributed by atoms with E-state index in [1.54, 1.807) is 13.0 Å². The molecule has 1 aromatic carbocycles. The van der Waals surface area contributed by atoms with Crippen LogP contribution in [-0.2, 0) is 0 Å². The summed E-state index contributed by atoms with van der Waals surface area (Å²) in [7, 11) is 0. The number of halogens is 1. The fourth-order valence-corrected chi connectivity index (χ4v) is 1.96. The monoisotopic (exact) mass is 241 g/mol. The molecule has 1 N–H and O–H groups in total. The number of carboxylic acids is 1. The minimum atomic E-state index is -1.06. The van der Waals surface area contributed by atoms with Crippen LogP contribution in [0.4, 0.5) is 0 Å². The maximum Gasteiger partial charge on any atom is 0.337 e. The SMILES string of the molecule is CC(C#N)Sc1ccc(Cl)c(C(=O)O)c1. The van der Waals surface area contributed by atoms with Gasteiger partial charge in [0.05, 0.1) is 21.9 Å². The van der Waals surface area contributed by atoms with E-state index in [9.17, 15) is 4.79 Å². The predicted octanol–water partition coefficient (Wildman–Crippen LogP) is 3.04. The zero-order valence-corrected chi connectivity index (χ0v) is 9.47. The van der Waals surface area contributed by atoms with Gasteiger partial charge in [-0.1, -0.05) is 11.6 Å². The standard InChI is InChI=1S/C10H8ClNO2S/c1-6(5-12)15-7-2-3-9(11)8(4-7)10(13)14/h2-4,6H,1H3,(H,13,14). The largest absolute Gasteiger partial charge is 0.478 e. The van der Waals surface area contributed by atoms with Gasteiger partial charge >= 0.3 is 5.97 Å². The zero-order valence-electron chi connectivity index (χ0n) is 7.90. The van der Waals surface area contributed by atoms with E-state index in [0.29, 0.717) is 0 Å². The second kappa shape index (κ2) is 5.06. The first-order valence-corrected chi connectivity index (χ1v) is 5.39. The molecule has 0 aliphatic carbocycles. The summed E-state index contributed by atoms with van der Waals surface area (Å²) in [5.41, 5.74) is 0.0619. The molecule has 1 atom stereocenters. The Labute approximate surface area is 96.7 Å². The molecule has 0 bridgehead atoms. The van der Waals surface area contributed by atoms with Crippen LogP contribution in [0.3, 0.4) is 0 Å². The molecule has 0 amide bonds. The van der Waals surface area contributed by atoms with Crippen molar-refractivity contribution in [2.24, 2.45) is 0 Å². The summed E-state index contributed by atoms with van der Waals surface area (Å²) in [4.78, 5) is 11.5. The molecular formula is C10H8ClNO2S. The van der Waals surface area contributed by atoms with Crippen LogP contribution in [0.2, 0.25) is 5.02 Å². The van der Waals surface area contributed by atoms with Crippen molar-refractivity contribution in [3.63, 3.8) is 0 Å². The van der Waals surface area contributed by atoms with Crippen molar-refractivity contribution in [3.05, 3.63) is 28.8 Å². The van der Waals surface area contributed by atoms with E-state index in [-0.39, 0.29) is 15.8 Å². The van der Waals surface area contributed by atoms with Crippen LogP contribution in [0.25, 0.3) is 0 Å². The van der Waals surface area contributed by atoms with Gasteiger partial charge in [0.1, 0.15) is 0 Å². The molecule has 3 nitrogen and oxygen atoms in total. The van der Waals surface area contributed by atoms with Crippen LogP contribution in [0.5, 0.6) is 0 Å². The zero-order chi connectivity index (χ0) is 11.4. The first-order chi connectivity index (χ1) is 7.04. The quantitative estimate of drug-likeness (QED) is 0.827. The first kappa shape index (κ1) is 11.9. The van der Waals surface area contributed by atoms with Gasteiger partial charge < -0.3 is 5.11 Å². The molecule has 1 aromatic rings. The third kappa shape index (κ3) is 3.15. The van der Waals surface area contributed by atoms with E-state index in [1.165, 1.54) is 23.9 Å². The van der Waals surface area contributed by atoms with E-state index >= 15 is 0 Å². The van der Waals surface area contributed by atoms with E-state index in [0.717, 1.165) is 4.90 Å². The van der Waals surface area contributed by atoms with Gasteiger partial charge in [-0.3, -0.25) is 0 Å². The normalized spacial score (nSPS) is 11.8. The molecule has 0 heterocycles. The lowest BCUT2D eigenvalue weighted by Crippen LogP contribution is -1.98. The maximum absolute atomic E-state index is 10.8. The van der Waals surface area contributed by atoms with Crippen molar-refractivity contribution in [1.29, 1.82) is 5.26 Å². The van der Waals surface area contributed by atoms with Crippen molar-refractivity contribution >= 4 is 29.3 Å². The van der Waals surface area contributed by atoms with Crippen LogP contribution < -0.4 is 0 Å². The van der Waals surface area contributed by atoms with Crippen molar-refractivity contribution in [2.45, 2.75) is 17.1 Å². The molecular weight excluding hydrogens is 234 g/mol. The number of carboxylic acid groups (broad SMARTS) is 1. The molecule has 78 valence electrons. The lowest BCUT2D eigenvalue weighted by molar-refractivity contribution is 0.0697. The Bertz CT molecular complexity index is 428. The molecule has 5 heteroatoms. The average Bonchev–Trinajstić information content (AvgIpc) is 2.20. The summed E-state index contributed by atoms with van der Waals surface area (Å²) < 4.78 is 0. The van der Waals surface area contributed by atoms with E-state index in [4.69, 9.17) is 22.0 Å². The summed E-state index contributed by atoms with van der Waals surface area (Å²) in [6, 6.07) is 6.76. The minimum absolute atomic E-state index is 0.0619. The van der Waals surface area contributed by atoms with Crippen LogP contribution >= 0.6 is 23.4 Å². The average molecular weight is 242 g/mol. The highest BCUT2D eigenvalue weighted by Crippen LogP contribution is 2.27. The van der Waals surface area contributed by atoms with Crippen molar-refractivity contribution < 1.29 is 9.90 Å². The molecule has 0 fully saturated rings. The topological polar surface area (TPSA) is 61.1 Å². The number of hydrogen-bond donors (Lipinski definition) is 1. The Kier molecular flexibility index (Phi) is 4.01. The number of nitrogens with zero attached hydrogens (tertiary/aromatic N) is 1. The molecule has 0 aliphatic heterocycles. The molecule has 1 unspecified atom stereocenters. The van der Waals surface area contributed by atoms with Crippen LogP contribution in [0.1, 0.15) is 17.3 Å². The van der Waals surface area contributed by atoms with E-state index in [2.05, 4.69) is 6.07 Å². The smallest absolute Gasteiger partial charge is 0.337 e. The number of benzene rings is 1. The summed E-state index contributed by atoms with van der Waals surface area (Å²) >= 11 is 7.01. The highest BCUT2D eigenvalue weighted by atomic mass is 35.5. The Morgan fingerprint density at radius 1 is 1.67 bits per heavy atom. The first-order valence-electron chi connectivity index (χ1n) is 4.13. The number of rotatable bonds is 3. The Morgan fingerprint density at radius 3 is 2.87 bits per heavy atom. The number of carbonyl (C=O) groups is 1. The summed E-state index contributed by atoms with van der Waals surface area (Å²) in [6.45, 7) is 1.75. The Morgan fingerprint density at radius 2 is 2.33 bits per heavy atom. The molecule has 0 aromatic heterocycles. The van der Waals surface area contributed by atoms with Crippen molar-refractivity contribution in [2.75, 3.05) is 0 Å². The Hall–Kier alpha value is -1.18. The number of nitriles is 1.